The Bertz CT molecular complexity index is 1090. The van der Waals surface area contributed by atoms with E-state index in [-0.39, 0.29) is 32.2 Å². The largest absolute Gasteiger partial charge is 0.270 e. The van der Waals surface area contributed by atoms with Gasteiger partial charge in [-0.2, -0.15) is 5.26 Å². The van der Waals surface area contributed by atoms with Gasteiger partial charge in [0.05, 0.1) is 34.1 Å². The first-order valence-electron chi connectivity index (χ1n) is 6.45. The number of hydrogen-bond donors (Lipinski definition) is 0. The summed E-state index contributed by atoms with van der Waals surface area (Å²) in [5.41, 5.74) is 0.908. The van der Waals surface area contributed by atoms with Crippen LogP contribution in [0.2, 0.25) is 0 Å². The molecule has 0 fully saturated rings. The normalized spacial score (nSPS) is 16.0. The summed E-state index contributed by atoms with van der Waals surface area (Å²) in [7, 11) is -3.81. The minimum absolute atomic E-state index is 0.0361. The molecule has 0 bridgehead atoms. The van der Waals surface area contributed by atoms with Gasteiger partial charge in [0.1, 0.15) is 0 Å². The second-order valence-electron chi connectivity index (χ2n) is 4.77. The molecule has 0 N–H and O–H groups in total. The lowest BCUT2D eigenvalue weighted by molar-refractivity contribution is 0.594. The number of sulfone groups is 1. The molecule has 23 heavy (non-hydrogen) atoms. The topological polar surface area (TPSA) is 86.1 Å². The van der Waals surface area contributed by atoms with Crippen LogP contribution >= 0.6 is 0 Å². The molecule has 2 aromatic carbocycles. The number of nitriles is 2. The fourth-order valence-corrected chi connectivity index (χ4v) is 4.28. The van der Waals surface area contributed by atoms with Crippen molar-refractivity contribution in [2.45, 2.75) is 9.79 Å². The van der Waals surface area contributed by atoms with Crippen LogP contribution in [0.4, 0.5) is 0 Å². The lowest BCUT2D eigenvalue weighted by atomic mass is 9.94. The first-order chi connectivity index (χ1) is 11.0. The van der Waals surface area contributed by atoms with E-state index in [1.54, 1.807) is 18.2 Å². The van der Waals surface area contributed by atoms with Crippen molar-refractivity contribution in [1.82, 2.24) is 0 Å². The van der Waals surface area contributed by atoms with Gasteiger partial charge in [0.2, 0.25) is 9.84 Å². The highest BCUT2D eigenvalue weighted by Crippen LogP contribution is 2.43. The van der Waals surface area contributed by atoms with Crippen LogP contribution in [0.25, 0.3) is 10.4 Å². The quantitative estimate of drug-likeness (QED) is 0.471. The molecule has 0 radical (unpaired) electrons. The molecule has 0 aliphatic carbocycles. The molecule has 0 atom stereocenters. The van der Waals surface area contributed by atoms with E-state index in [4.69, 9.17) is 11.8 Å². The van der Waals surface area contributed by atoms with Gasteiger partial charge in [-0.1, -0.05) is 24.3 Å². The lowest BCUT2D eigenvalue weighted by Crippen LogP contribution is -2.15. The van der Waals surface area contributed by atoms with Gasteiger partial charge in [0, 0.05) is 5.57 Å². The molecule has 2 aromatic rings. The molecule has 5 nitrogen and oxygen atoms in total. The number of allylic oxidation sites excluding steroid dienone is 1. The summed E-state index contributed by atoms with van der Waals surface area (Å²) in [6.45, 7) is 7.20. The zero-order chi connectivity index (χ0) is 16.6. The summed E-state index contributed by atoms with van der Waals surface area (Å²) in [5, 5.41) is 18.3. The highest BCUT2D eigenvalue weighted by atomic mass is 32.2. The van der Waals surface area contributed by atoms with Crippen molar-refractivity contribution >= 4 is 15.4 Å². The Morgan fingerprint density at radius 3 is 2.39 bits per heavy atom. The second kappa shape index (κ2) is 5.10. The Labute approximate surface area is 133 Å². The van der Waals surface area contributed by atoms with E-state index in [0.717, 1.165) is 0 Å². The van der Waals surface area contributed by atoms with Gasteiger partial charge in [-0.25, -0.2) is 18.5 Å². The van der Waals surface area contributed by atoms with Crippen LogP contribution in [-0.4, -0.2) is 8.42 Å². The van der Waals surface area contributed by atoms with E-state index in [0.29, 0.717) is 5.56 Å². The Hall–Kier alpha value is -3.40. The molecule has 0 unspecified atom stereocenters. The maximum Gasteiger partial charge on any atom is 0.270 e. The maximum absolute atomic E-state index is 12.8. The Kier molecular flexibility index (Phi) is 3.22. The van der Waals surface area contributed by atoms with Crippen molar-refractivity contribution < 1.29 is 8.42 Å². The van der Waals surface area contributed by atoms with Gasteiger partial charge in [-0.05, 0) is 29.3 Å². The van der Waals surface area contributed by atoms with Gasteiger partial charge in [-0.15, -0.1) is 0 Å². The van der Waals surface area contributed by atoms with Crippen molar-refractivity contribution in [2.24, 2.45) is 0 Å². The molecule has 1 aliphatic rings. The van der Waals surface area contributed by atoms with Crippen LogP contribution in [0.5, 0.6) is 0 Å². The summed E-state index contributed by atoms with van der Waals surface area (Å²) < 4.78 is 25.6. The van der Waals surface area contributed by atoms with Gasteiger partial charge >= 0.3 is 0 Å². The molecule has 0 amide bonds. The van der Waals surface area contributed by atoms with E-state index in [1.807, 2.05) is 12.1 Å². The third-order valence-electron chi connectivity index (χ3n) is 3.57. The predicted octanol–water partition coefficient (Wildman–Crippen LogP) is 2.91. The Balaban J connectivity index is 2.56. The van der Waals surface area contributed by atoms with Crippen molar-refractivity contribution in [3.05, 3.63) is 76.3 Å². The molecule has 108 valence electrons. The number of hydrogen-bond acceptors (Lipinski definition) is 4. The van der Waals surface area contributed by atoms with Crippen LogP contribution in [0.15, 0.2) is 58.0 Å². The van der Waals surface area contributed by atoms with Crippen LogP contribution in [0, 0.1) is 29.2 Å². The summed E-state index contributed by atoms with van der Waals surface area (Å²) in [4.78, 5) is 3.21. The van der Waals surface area contributed by atoms with Gasteiger partial charge < -0.3 is 0 Å². The van der Waals surface area contributed by atoms with Crippen molar-refractivity contribution in [2.75, 3.05) is 0 Å². The Morgan fingerprint density at radius 1 is 1.04 bits per heavy atom. The van der Waals surface area contributed by atoms with E-state index >= 15 is 0 Å². The first kappa shape index (κ1) is 14.5. The molecule has 0 spiro atoms. The first-order valence-corrected chi connectivity index (χ1v) is 7.93. The third kappa shape index (κ3) is 2.00. The van der Waals surface area contributed by atoms with Crippen LogP contribution < -0.4 is 0 Å². The van der Waals surface area contributed by atoms with E-state index in [1.165, 1.54) is 24.3 Å². The van der Waals surface area contributed by atoms with E-state index in [2.05, 4.69) is 4.85 Å². The minimum Gasteiger partial charge on any atom is -0.226 e. The summed E-state index contributed by atoms with van der Waals surface area (Å²) in [6.07, 6.45) is 0. The smallest absolute Gasteiger partial charge is 0.226 e. The molecule has 1 heterocycles. The highest BCUT2D eigenvalue weighted by Gasteiger charge is 2.33. The second-order valence-corrected chi connectivity index (χ2v) is 6.66. The molecular weight excluding hydrogens is 310 g/mol. The predicted molar refractivity (Wildman–Crippen MR) is 81.3 cm³/mol. The third-order valence-corrected chi connectivity index (χ3v) is 5.42. The number of nitrogens with zero attached hydrogens (tertiary/aromatic N) is 3. The summed E-state index contributed by atoms with van der Waals surface area (Å²) in [5.74, 6) is 0. The molecule has 0 saturated carbocycles. The summed E-state index contributed by atoms with van der Waals surface area (Å²) in [6, 6.07) is 14.2. The molecule has 6 heteroatoms. The van der Waals surface area contributed by atoms with Crippen LogP contribution in [-0.2, 0) is 9.84 Å². The van der Waals surface area contributed by atoms with Crippen molar-refractivity contribution in [1.29, 1.82) is 10.5 Å². The summed E-state index contributed by atoms with van der Waals surface area (Å²) >= 11 is 0. The number of benzene rings is 2. The molecular formula is C17H7N3O2S. The van der Waals surface area contributed by atoms with E-state index in [9.17, 15) is 13.7 Å². The zero-order valence-electron chi connectivity index (χ0n) is 11.6. The van der Waals surface area contributed by atoms with Crippen molar-refractivity contribution in [3.8, 4) is 12.1 Å². The average molecular weight is 317 g/mol. The Morgan fingerprint density at radius 2 is 1.74 bits per heavy atom. The van der Waals surface area contributed by atoms with Crippen molar-refractivity contribution in [3.63, 3.8) is 0 Å². The maximum atomic E-state index is 12.8. The molecule has 0 aromatic heterocycles. The molecule has 3 rings (SSSR count). The van der Waals surface area contributed by atoms with E-state index < -0.39 is 9.84 Å². The monoisotopic (exact) mass is 317 g/mol. The molecule has 1 aliphatic heterocycles. The van der Waals surface area contributed by atoms with Crippen LogP contribution in [0.1, 0.15) is 16.7 Å². The average Bonchev–Trinajstić information content (AvgIpc) is 2.58. The fraction of sp³-hybridized carbons (Fsp3) is 0. The highest BCUT2D eigenvalue weighted by molar-refractivity contribution is 7.91. The zero-order valence-corrected chi connectivity index (χ0v) is 12.4. The molecule has 0 saturated heterocycles. The van der Waals surface area contributed by atoms with Gasteiger partial charge in [-0.3, -0.25) is 0 Å². The van der Waals surface area contributed by atoms with Gasteiger partial charge in [0.15, 0.2) is 0 Å². The van der Waals surface area contributed by atoms with Gasteiger partial charge in [0.25, 0.3) is 5.70 Å². The standard InChI is InChI=1S/C17H7N3O2S/c1-20-14(10-19)17-12-4-2-3-5-15(12)23(21,22)16-8-11(9-18)6-7-13(16)17/h2-8H. The number of rotatable bonds is 0. The fourth-order valence-electron chi connectivity index (χ4n) is 2.58. The number of fused-ring (bicyclic) bond motifs is 2. The minimum atomic E-state index is -3.81. The SMILES string of the molecule is [C-]#[N+]C(C#N)=C1c2ccccc2S(=O)(=O)c2cc(C#N)ccc21. The van der Waals surface area contributed by atoms with Crippen LogP contribution in [0.3, 0.4) is 0 Å². The lowest BCUT2D eigenvalue weighted by Gasteiger charge is -2.23.